The topological polar surface area (TPSA) is 411 Å². The number of fused-ring (bicyclic) bond motifs is 2. The van der Waals surface area contributed by atoms with Gasteiger partial charge in [-0.1, -0.05) is 96.1 Å². The smallest absolute Gasteiger partial charge is 0.248 e. The van der Waals surface area contributed by atoms with Gasteiger partial charge in [0.1, 0.15) is 60.3 Å². The van der Waals surface area contributed by atoms with Crippen molar-refractivity contribution in [3.63, 3.8) is 0 Å². The van der Waals surface area contributed by atoms with Gasteiger partial charge in [0, 0.05) is 44.7 Å². The zero-order valence-corrected chi connectivity index (χ0v) is 43.5. The summed E-state index contributed by atoms with van der Waals surface area (Å²) in [4.78, 5) is 113. The van der Waals surface area contributed by atoms with Gasteiger partial charge in [-0.25, -0.2) is 0 Å². The number of nitrogens with one attached hydrogen (secondary N) is 5. The summed E-state index contributed by atoms with van der Waals surface area (Å²) in [5.41, 5.74) is 5.32. The van der Waals surface area contributed by atoms with E-state index in [9.17, 15) is 84.3 Å². The molecule has 3 heterocycles. The van der Waals surface area contributed by atoms with Crippen LogP contribution in [0.25, 0.3) is 0 Å². The highest BCUT2D eigenvalue weighted by molar-refractivity contribution is 5.98. The Bertz CT molecular complexity index is 2090. The number of phenols is 1. The summed E-state index contributed by atoms with van der Waals surface area (Å²) < 4.78 is 0. The second kappa shape index (κ2) is 31.0. The van der Waals surface area contributed by atoms with Gasteiger partial charge < -0.3 is 88.1 Å². The normalized spacial score (nSPS) is 28.5. The fourth-order valence-electron chi connectivity index (χ4n) is 9.84. The van der Waals surface area contributed by atoms with E-state index in [4.69, 9.17) is 5.73 Å². The van der Waals surface area contributed by atoms with E-state index in [1.54, 1.807) is 0 Å². The maximum absolute atomic E-state index is 14.5. The van der Waals surface area contributed by atoms with Gasteiger partial charge in [0.15, 0.2) is 6.23 Å². The second-order valence-electron chi connectivity index (χ2n) is 20.4. The zero-order chi connectivity index (χ0) is 56.2. The molecular formula is C51H82N8O17. The molecule has 0 aromatic heterocycles. The number of primary amides is 1. The Kier molecular flexibility index (Phi) is 25.7. The lowest BCUT2D eigenvalue weighted by Gasteiger charge is -2.33. The molecule has 7 unspecified atom stereocenters. The van der Waals surface area contributed by atoms with E-state index in [0.717, 1.165) is 61.0 Å². The Labute approximate surface area is 442 Å². The Balaban J connectivity index is 1.68. The van der Waals surface area contributed by atoms with E-state index in [0.29, 0.717) is 12.8 Å². The minimum atomic E-state index is -2.31. The molecule has 0 radical (unpaired) electrons. The second-order valence-corrected chi connectivity index (χ2v) is 20.4. The van der Waals surface area contributed by atoms with Gasteiger partial charge in [-0.2, -0.15) is 0 Å². The molecule has 0 aliphatic carbocycles. The Morgan fingerprint density at radius 3 is 1.84 bits per heavy atom. The highest BCUT2D eigenvalue weighted by Crippen LogP contribution is 2.28. The molecule has 3 saturated heterocycles. The third-order valence-electron chi connectivity index (χ3n) is 14.3. The minimum Gasteiger partial charge on any atom is -0.508 e. The van der Waals surface area contributed by atoms with E-state index in [2.05, 4.69) is 33.5 Å². The van der Waals surface area contributed by atoms with Crippen LogP contribution >= 0.6 is 0 Å². The first-order valence-electron chi connectivity index (χ1n) is 26.7. The molecule has 25 nitrogen and oxygen atoms in total. The van der Waals surface area contributed by atoms with Crippen molar-refractivity contribution in [3.05, 3.63) is 29.8 Å². The monoisotopic (exact) mass is 1080 g/mol. The maximum Gasteiger partial charge on any atom is 0.248 e. The molecule has 1 aromatic rings. The van der Waals surface area contributed by atoms with Crippen LogP contribution in [0.1, 0.15) is 141 Å². The molecule has 4 rings (SSSR count). The van der Waals surface area contributed by atoms with E-state index >= 15 is 0 Å². The molecule has 0 spiro atoms. The molecule has 14 atom stereocenters. The number of rotatable bonds is 23. The molecule has 25 heteroatoms. The number of hydrogen-bond donors (Lipinski definition) is 15. The average Bonchev–Trinajstić information content (AvgIpc) is 3.95. The van der Waals surface area contributed by atoms with Crippen LogP contribution in [0, 0.1) is 5.92 Å². The van der Waals surface area contributed by atoms with Crippen molar-refractivity contribution >= 4 is 47.3 Å². The number of carbonyl (C=O) groups excluding carboxylic acids is 8. The number of benzene rings is 1. The van der Waals surface area contributed by atoms with Crippen molar-refractivity contribution in [2.24, 2.45) is 11.7 Å². The van der Waals surface area contributed by atoms with Gasteiger partial charge in [0.2, 0.25) is 47.3 Å². The highest BCUT2D eigenvalue weighted by atomic mass is 16.3. The number of aliphatic hydroxyl groups excluding tert-OH is 8. The van der Waals surface area contributed by atoms with Crippen molar-refractivity contribution in [1.82, 2.24) is 36.4 Å². The number of hydrogen-bond acceptors (Lipinski definition) is 17. The van der Waals surface area contributed by atoms with Crippen molar-refractivity contribution < 1.29 is 84.3 Å². The summed E-state index contributed by atoms with van der Waals surface area (Å²) in [5.74, 6) is -10.6. The van der Waals surface area contributed by atoms with Crippen LogP contribution in [0.3, 0.4) is 0 Å². The van der Waals surface area contributed by atoms with Crippen LogP contribution in [-0.4, -0.2) is 196 Å². The number of unbranched alkanes of at least 4 members (excludes halogenated alkanes) is 12. The highest BCUT2D eigenvalue weighted by Gasteiger charge is 2.50. The van der Waals surface area contributed by atoms with Gasteiger partial charge in [-0.05, 0) is 37.5 Å². The molecular weight excluding hydrogens is 997 g/mol. The Morgan fingerprint density at radius 2 is 1.28 bits per heavy atom. The van der Waals surface area contributed by atoms with Gasteiger partial charge in [0.05, 0.1) is 24.9 Å². The molecule has 428 valence electrons. The summed E-state index contributed by atoms with van der Waals surface area (Å²) in [5, 5.41) is 110. The Hall–Kier alpha value is -5.54. The lowest BCUT2D eigenvalue weighted by Crippen LogP contribution is -2.63. The first-order chi connectivity index (χ1) is 36.1. The fraction of sp³-hybridized carbons (Fsp3) is 0.725. The quantitative estimate of drug-likeness (QED) is 0.0492. The lowest BCUT2D eigenvalue weighted by atomic mass is 9.96. The predicted molar refractivity (Wildman–Crippen MR) is 270 cm³/mol. The fourth-order valence-corrected chi connectivity index (χ4v) is 9.84. The summed E-state index contributed by atoms with van der Waals surface area (Å²) in [6.45, 7) is 1.36. The molecule has 16 N–H and O–H groups in total. The first kappa shape index (κ1) is 63.0. The number of aromatic hydroxyl groups is 1. The largest absolute Gasteiger partial charge is 0.508 e. The van der Waals surface area contributed by atoms with Crippen molar-refractivity contribution in [2.45, 2.75) is 209 Å². The van der Waals surface area contributed by atoms with Gasteiger partial charge >= 0.3 is 0 Å². The number of nitrogens with two attached hydrogens (primary N) is 1. The number of nitrogens with zero attached hydrogens (tertiary/aromatic N) is 2. The first-order valence-corrected chi connectivity index (χ1v) is 26.7. The van der Waals surface area contributed by atoms with Crippen molar-refractivity contribution in [1.29, 1.82) is 0 Å². The van der Waals surface area contributed by atoms with Crippen molar-refractivity contribution in [2.75, 3.05) is 19.7 Å². The van der Waals surface area contributed by atoms with Gasteiger partial charge in [0.25, 0.3) is 0 Å². The molecule has 8 amide bonds. The molecule has 0 bridgehead atoms. The number of amides is 8. The standard InChI is InChI=1S/C51H82N8O17/c1-3-4-5-6-7-8-9-10-11-12-13-14-15-16-38(66)53-34-24-36(64)47(72)57-49(74)41-42(67)30(27-60)25-59(41)50(75)33(21-22-37(52)65)54-48(73)40(44(69)43(68)29-17-19-31(62)20-18-29)56-46(71)35-23-32(63)26-58(35)51(76)39(28(2)61)55-45(34)70/h17-20,28,30,32-36,39-44,47,60-64,67-69,72H,3-16,21-27H2,1-2H3,(H2,52,65)(H,53,66)(H,54,73)(H,55,70)(H,56,71)(H,57,74)/t28-,30?,32?,33+,34+,35+,36?,39+,40+,41+,42?,43?,44?,47?/m1/s1. The molecule has 3 aliphatic heterocycles. The van der Waals surface area contributed by atoms with Crippen LogP contribution < -0.4 is 32.3 Å². The molecule has 76 heavy (non-hydrogen) atoms. The summed E-state index contributed by atoms with van der Waals surface area (Å²) in [6.07, 6.45) is -2.76. The minimum absolute atomic E-state index is 0.0763. The SMILES string of the molecule is CCCCCCCCCCCCCCCC(=O)N[C@H]1CC(O)C(O)NC(=O)[C@@H]2C(O)C(CO)CN2C(=O)[C@H](CCC(N)=O)NC(=O)[C@H](C(O)C(O)c2ccc(O)cc2)NC(=O)[C@@H]2CC(O)CN2C(=O)[C@H]([C@@H](C)O)NC1=O. The summed E-state index contributed by atoms with van der Waals surface area (Å²) in [7, 11) is 0. The van der Waals surface area contributed by atoms with E-state index in [-0.39, 0.29) is 17.7 Å². The van der Waals surface area contributed by atoms with Crippen LogP contribution in [0.2, 0.25) is 0 Å². The van der Waals surface area contributed by atoms with Crippen LogP contribution in [0.4, 0.5) is 0 Å². The van der Waals surface area contributed by atoms with Crippen LogP contribution in [-0.2, 0) is 38.4 Å². The molecule has 0 saturated carbocycles. The van der Waals surface area contributed by atoms with Crippen molar-refractivity contribution in [3.8, 4) is 5.75 Å². The Morgan fingerprint density at radius 1 is 0.697 bits per heavy atom. The number of aliphatic hydroxyl groups is 8. The van der Waals surface area contributed by atoms with Gasteiger partial charge in [-0.15, -0.1) is 0 Å². The average molecular weight is 1080 g/mol. The zero-order valence-electron chi connectivity index (χ0n) is 43.5. The molecule has 3 aliphatic rings. The molecule has 1 aromatic carbocycles. The number of carbonyl (C=O) groups is 8. The number of phenolic OH excluding ortho intramolecular Hbond substituents is 1. The van der Waals surface area contributed by atoms with E-state index < -0.39 is 178 Å². The maximum atomic E-state index is 14.5. The molecule has 3 fully saturated rings. The predicted octanol–water partition coefficient (Wildman–Crippen LogP) is -2.81. The van der Waals surface area contributed by atoms with E-state index in [1.165, 1.54) is 50.7 Å². The lowest BCUT2D eigenvalue weighted by molar-refractivity contribution is -0.147. The van der Waals surface area contributed by atoms with Gasteiger partial charge in [-0.3, -0.25) is 38.4 Å². The summed E-state index contributed by atoms with van der Waals surface area (Å²) in [6, 6.07) is -6.85. The van der Waals surface area contributed by atoms with Crippen LogP contribution in [0.5, 0.6) is 5.75 Å². The third kappa shape index (κ3) is 18.3. The third-order valence-corrected chi connectivity index (χ3v) is 14.3. The summed E-state index contributed by atoms with van der Waals surface area (Å²) >= 11 is 0. The van der Waals surface area contributed by atoms with E-state index in [1.807, 2.05) is 0 Å². The van der Waals surface area contributed by atoms with Crippen LogP contribution in [0.15, 0.2) is 24.3 Å².